The Bertz CT molecular complexity index is 1040. The molecule has 0 radical (unpaired) electrons. The Morgan fingerprint density at radius 2 is 2.10 bits per heavy atom. The highest BCUT2D eigenvalue weighted by Gasteiger charge is 2.53. The van der Waals surface area contributed by atoms with Crippen LogP contribution in [-0.2, 0) is 37.2 Å². The smallest absolute Gasteiger partial charge is 0.362 e. The second-order valence-electron chi connectivity index (χ2n) is 7.22. The van der Waals surface area contributed by atoms with Crippen molar-refractivity contribution in [2.24, 2.45) is 5.92 Å². The summed E-state index contributed by atoms with van der Waals surface area (Å²) in [5.74, 6) is -0.107. The highest BCUT2D eigenvalue weighted by molar-refractivity contribution is 7.92. The molecule has 2 heterocycles. The summed E-state index contributed by atoms with van der Waals surface area (Å²) in [6.07, 6.45) is -3.69. The normalized spacial score (nSPS) is 22.8. The van der Waals surface area contributed by atoms with E-state index in [1.54, 1.807) is 0 Å². The summed E-state index contributed by atoms with van der Waals surface area (Å²) >= 11 is 0. The van der Waals surface area contributed by atoms with E-state index < -0.39 is 31.4 Å². The van der Waals surface area contributed by atoms with Crippen LogP contribution in [0.4, 0.5) is 13.2 Å². The van der Waals surface area contributed by atoms with Gasteiger partial charge in [0, 0.05) is 13.7 Å². The van der Waals surface area contributed by atoms with Gasteiger partial charge in [-0.3, -0.25) is 4.79 Å². The topological polar surface area (TPSA) is 87.5 Å². The molecule has 1 saturated heterocycles. The predicted octanol–water partition coefficient (Wildman–Crippen LogP) is 3.39. The predicted molar refractivity (Wildman–Crippen MR) is 99.3 cm³/mol. The zero-order valence-electron chi connectivity index (χ0n) is 16.3. The maximum atomic E-state index is 13.7. The number of carbonyl (C=O) groups excluding carboxylic acids is 1. The number of hydrogen-bond donors (Lipinski definition) is 0. The maximum Gasteiger partial charge on any atom is 0.416 e. The van der Waals surface area contributed by atoms with Gasteiger partial charge in [-0.1, -0.05) is 13.0 Å². The first-order valence-electron chi connectivity index (χ1n) is 9.13. The lowest BCUT2D eigenvalue weighted by atomic mass is 9.95. The van der Waals surface area contributed by atoms with Crippen LogP contribution in [0.2, 0.25) is 0 Å². The van der Waals surface area contributed by atoms with Crippen LogP contribution in [0, 0.1) is 5.92 Å². The molecular formula is C19H21F3N2O5S. The number of halogens is 3. The molecule has 0 bridgehead atoms. The van der Waals surface area contributed by atoms with Crippen molar-refractivity contribution >= 4 is 16.1 Å². The number of hydrogen-bond acceptors (Lipinski definition) is 6. The molecule has 0 N–H and O–H groups in total. The molecule has 0 spiro atoms. The summed E-state index contributed by atoms with van der Waals surface area (Å²) in [5.41, 5.74) is -1.08. The van der Waals surface area contributed by atoms with Gasteiger partial charge in [0.1, 0.15) is 12.4 Å². The van der Waals surface area contributed by atoms with Crippen LogP contribution in [0.5, 0.6) is 0 Å². The van der Waals surface area contributed by atoms with Crippen LogP contribution in [-0.4, -0.2) is 38.2 Å². The maximum absolute atomic E-state index is 13.7. The lowest BCUT2D eigenvalue weighted by Gasteiger charge is -2.39. The standard InChI is InChI=1S/C19H21F3N2O5S/c1-13-6-7-29-18(10-13,17-9-15(11-25)23-24(17)12-28-2)30(26,27)16-5-3-4-14(8-16)19(20,21)22/h3-5,8-9,11,13H,6-7,10,12H2,1-2H3. The fourth-order valence-corrected chi connectivity index (χ4v) is 5.70. The van der Waals surface area contributed by atoms with Crippen LogP contribution in [0.1, 0.15) is 41.5 Å². The van der Waals surface area contributed by atoms with Crippen LogP contribution < -0.4 is 0 Å². The van der Waals surface area contributed by atoms with Crippen molar-refractivity contribution in [1.82, 2.24) is 9.78 Å². The summed E-state index contributed by atoms with van der Waals surface area (Å²) in [6.45, 7) is 1.74. The molecule has 0 amide bonds. The number of aldehydes is 1. The molecule has 2 aromatic rings. The van der Waals surface area contributed by atoms with E-state index in [1.165, 1.54) is 17.9 Å². The minimum absolute atomic E-state index is 0.0146. The molecule has 1 aromatic carbocycles. The van der Waals surface area contributed by atoms with Gasteiger partial charge in [-0.15, -0.1) is 0 Å². The number of ether oxygens (including phenoxy) is 2. The number of benzene rings is 1. The third-order valence-electron chi connectivity index (χ3n) is 5.03. The van der Waals surface area contributed by atoms with Gasteiger partial charge in [-0.25, -0.2) is 13.1 Å². The third-order valence-corrected chi connectivity index (χ3v) is 7.27. The lowest BCUT2D eigenvalue weighted by molar-refractivity contribution is -0.137. The SMILES string of the molecule is COCn1nc(C=O)cc1C1(S(=O)(=O)c2cccc(C(F)(F)F)c2)CC(C)CCO1. The molecule has 0 aliphatic carbocycles. The number of methoxy groups -OCH3 is 1. The number of aromatic nitrogens is 2. The van der Waals surface area contributed by atoms with Crippen LogP contribution >= 0.6 is 0 Å². The highest BCUT2D eigenvalue weighted by Crippen LogP contribution is 2.46. The van der Waals surface area contributed by atoms with Crippen LogP contribution in [0.15, 0.2) is 35.2 Å². The largest absolute Gasteiger partial charge is 0.416 e. The van der Waals surface area contributed by atoms with E-state index in [9.17, 15) is 26.4 Å². The van der Waals surface area contributed by atoms with E-state index in [-0.39, 0.29) is 37.1 Å². The molecule has 1 aliphatic rings. The molecule has 1 aromatic heterocycles. The number of sulfone groups is 1. The summed E-state index contributed by atoms with van der Waals surface area (Å²) in [7, 11) is -3.12. The van der Waals surface area contributed by atoms with E-state index in [0.29, 0.717) is 18.8 Å². The second kappa shape index (κ2) is 8.12. The molecular weight excluding hydrogens is 425 g/mol. The van der Waals surface area contributed by atoms with Crippen molar-refractivity contribution in [2.75, 3.05) is 13.7 Å². The average Bonchev–Trinajstić information content (AvgIpc) is 3.11. The Balaban J connectivity index is 2.25. The Morgan fingerprint density at radius 3 is 2.70 bits per heavy atom. The minimum atomic E-state index is -4.71. The number of alkyl halides is 3. The molecule has 0 saturated carbocycles. The Morgan fingerprint density at radius 1 is 1.37 bits per heavy atom. The molecule has 11 heteroatoms. The second-order valence-corrected chi connectivity index (χ2v) is 9.36. The fourth-order valence-electron chi connectivity index (χ4n) is 3.60. The van der Waals surface area contributed by atoms with Crippen molar-refractivity contribution in [2.45, 2.75) is 42.5 Å². The Hall–Kier alpha value is -2.24. The van der Waals surface area contributed by atoms with Crippen molar-refractivity contribution < 1.29 is 35.9 Å². The summed E-state index contributed by atoms with van der Waals surface area (Å²) in [4.78, 5) is 8.73. The molecule has 7 nitrogen and oxygen atoms in total. The Kier molecular flexibility index (Phi) is 6.08. The van der Waals surface area contributed by atoms with Crippen molar-refractivity contribution in [3.05, 3.63) is 47.3 Å². The minimum Gasteiger partial charge on any atom is -0.362 e. The Labute approximate surface area is 171 Å². The molecule has 1 fully saturated rings. The zero-order chi connectivity index (χ0) is 22.2. The van der Waals surface area contributed by atoms with Crippen molar-refractivity contribution in [3.8, 4) is 0 Å². The average molecular weight is 446 g/mol. The van der Waals surface area contributed by atoms with Gasteiger partial charge in [-0.05, 0) is 43.0 Å². The van der Waals surface area contributed by atoms with Gasteiger partial charge < -0.3 is 9.47 Å². The number of carbonyl (C=O) groups is 1. The quantitative estimate of drug-likeness (QED) is 0.632. The number of rotatable bonds is 6. The first kappa shape index (κ1) is 22.4. The van der Waals surface area contributed by atoms with Crippen molar-refractivity contribution in [3.63, 3.8) is 0 Å². The van der Waals surface area contributed by atoms with Crippen LogP contribution in [0.3, 0.4) is 0 Å². The highest BCUT2D eigenvalue weighted by atomic mass is 32.2. The van der Waals surface area contributed by atoms with Gasteiger partial charge in [0.05, 0.1) is 16.2 Å². The molecule has 2 atom stereocenters. The van der Waals surface area contributed by atoms with Gasteiger partial charge in [-0.2, -0.15) is 18.3 Å². The first-order valence-corrected chi connectivity index (χ1v) is 10.6. The van der Waals surface area contributed by atoms with E-state index in [2.05, 4.69) is 5.10 Å². The molecule has 2 unspecified atom stereocenters. The molecule has 3 rings (SSSR count). The summed E-state index contributed by atoms with van der Waals surface area (Å²) < 4.78 is 79.1. The van der Waals surface area contributed by atoms with E-state index in [1.807, 2.05) is 6.92 Å². The lowest BCUT2D eigenvalue weighted by Crippen LogP contribution is -2.45. The molecule has 30 heavy (non-hydrogen) atoms. The van der Waals surface area contributed by atoms with Gasteiger partial charge in [0.2, 0.25) is 14.8 Å². The monoisotopic (exact) mass is 446 g/mol. The van der Waals surface area contributed by atoms with E-state index in [0.717, 1.165) is 18.2 Å². The molecule has 1 aliphatic heterocycles. The number of nitrogens with zero attached hydrogens (tertiary/aromatic N) is 2. The van der Waals surface area contributed by atoms with Gasteiger partial charge in [0.15, 0.2) is 6.29 Å². The van der Waals surface area contributed by atoms with Crippen LogP contribution in [0.25, 0.3) is 0 Å². The van der Waals surface area contributed by atoms with Gasteiger partial charge >= 0.3 is 6.18 Å². The molecule has 164 valence electrons. The van der Waals surface area contributed by atoms with E-state index in [4.69, 9.17) is 9.47 Å². The first-order chi connectivity index (χ1) is 14.0. The van der Waals surface area contributed by atoms with E-state index >= 15 is 0 Å². The third kappa shape index (κ3) is 3.88. The summed E-state index contributed by atoms with van der Waals surface area (Å²) in [6, 6.07) is 4.81. The van der Waals surface area contributed by atoms with Crippen molar-refractivity contribution in [1.29, 1.82) is 0 Å². The fraction of sp³-hybridized carbons (Fsp3) is 0.474. The van der Waals surface area contributed by atoms with Gasteiger partial charge in [0.25, 0.3) is 0 Å². The zero-order valence-corrected chi connectivity index (χ0v) is 17.2. The summed E-state index contributed by atoms with van der Waals surface area (Å²) in [5, 5.41) is 4.03.